The maximum atomic E-state index is 12.2. The van der Waals surface area contributed by atoms with E-state index in [4.69, 9.17) is 5.73 Å². The third-order valence-corrected chi connectivity index (χ3v) is 3.84. The Kier molecular flexibility index (Phi) is 6.10. The fourth-order valence-electron chi connectivity index (χ4n) is 2.45. The van der Waals surface area contributed by atoms with Crippen LogP contribution in [0.1, 0.15) is 15.9 Å². The number of amides is 4. The number of rotatable bonds is 7. The van der Waals surface area contributed by atoms with Crippen LogP contribution in [0.4, 0.5) is 10.5 Å². The van der Waals surface area contributed by atoms with Gasteiger partial charge in [-0.3, -0.25) is 9.59 Å². The largest absolute Gasteiger partial charge is 0.352 e. The van der Waals surface area contributed by atoms with Crippen molar-refractivity contribution in [2.75, 3.05) is 11.9 Å². The van der Waals surface area contributed by atoms with Gasteiger partial charge in [-0.2, -0.15) is 5.21 Å². The van der Waals surface area contributed by atoms with E-state index in [1.54, 1.807) is 48.5 Å². The van der Waals surface area contributed by atoms with E-state index >= 15 is 0 Å². The highest BCUT2D eigenvalue weighted by Crippen LogP contribution is 2.18. The van der Waals surface area contributed by atoms with Crippen LogP contribution in [0.5, 0.6) is 0 Å². The van der Waals surface area contributed by atoms with Crippen LogP contribution in [0.25, 0.3) is 11.4 Å². The highest BCUT2D eigenvalue weighted by Gasteiger charge is 2.10. The van der Waals surface area contributed by atoms with Crippen molar-refractivity contribution < 1.29 is 14.4 Å². The van der Waals surface area contributed by atoms with E-state index in [0.717, 1.165) is 5.56 Å². The minimum atomic E-state index is -0.624. The maximum Gasteiger partial charge on any atom is 0.312 e. The summed E-state index contributed by atoms with van der Waals surface area (Å²) in [5.41, 5.74) is 7.42. The van der Waals surface area contributed by atoms with E-state index in [0.29, 0.717) is 22.6 Å². The summed E-state index contributed by atoms with van der Waals surface area (Å²) in [5, 5.41) is 21.3. The third kappa shape index (κ3) is 5.60. The summed E-state index contributed by atoms with van der Waals surface area (Å²) in [6, 6.07) is 12.9. The molecule has 0 aliphatic rings. The molecule has 0 saturated heterocycles. The van der Waals surface area contributed by atoms with Crippen molar-refractivity contribution in [3.8, 4) is 11.4 Å². The normalized spacial score (nSPS) is 10.2. The van der Waals surface area contributed by atoms with Crippen molar-refractivity contribution in [1.29, 1.82) is 0 Å². The average Bonchev–Trinajstić information content (AvgIpc) is 3.26. The van der Waals surface area contributed by atoms with Crippen molar-refractivity contribution in [3.05, 3.63) is 59.7 Å². The molecule has 1 aromatic heterocycles. The van der Waals surface area contributed by atoms with Gasteiger partial charge in [-0.25, -0.2) is 4.79 Å². The van der Waals surface area contributed by atoms with Gasteiger partial charge in [0, 0.05) is 23.4 Å². The van der Waals surface area contributed by atoms with Gasteiger partial charge in [0.25, 0.3) is 5.91 Å². The summed E-state index contributed by atoms with van der Waals surface area (Å²) in [4.78, 5) is 35.0. The highest BCUT2D eigenvalue weighted by molar-refractivity contribution is 5.99. The number of carbonyl (C=O) groups excluding carboxylic acids is 3. The first-order chi connectivity index (χ1) is 14.0. The Balaban J connectivity index is 1.51. The number of anilines is 1. The number of urea groups is 1. The number of hydrogen-bond donors (Lipinski definition) is 5. The molecule has 0 radical (unpaired) electrons. The number of H-pyrrole nitrogens is 1. The molecule has 0 spiro atoms. The number of carbonyl (C=O) groups is 3. The Morgan fingerprint density at radius 2 is 1.83 bits per heavy atom. The molecule has 3 aromatic rings. The van der Waals surface area contributed by atoms with Gasteiger partial charge >= 0.3 is 6.03 Å². The molecule has 29 heavy (non-hydrogen) atoms. The predicted octanol–water partition coefficient (Wildman–Crippen LogP) is 0.404. The number of nitrogens with zero attached hydrogens (tertiary/aromatic N) is 3. The first-order valence-corrected chi connectivity index (χ1v) is 8.55. The summed E-state index contributed by atoms with van der Waals surface area (Å²) < 4.78 is 0. The molecule has 11 heteroatoms. The zero-order chi connectivity index (χ0) is 20.6. The van der Waals surface area contributed by atoms with Gasteiger partial charge in [0.05, 0.1) is 6.54 Å². The van der Waals surface area contributed by atoms with Gasteiger partial charge in [0.2, 0.25) is 11.7 Å². The summed E-state index contributed by atoms with van der Waals surface area (Å²) in [6.07, 6.45) is 0. The summed E-state index contributed by atoms with van der Waals surface area (Å²) >= 11 is 0. The number of benzene rings is 2. The van der Waals surface area contributed by atoms with Gasteiger partial charge in [-0.1, -0.05) is 24.3 Å². The number of tetrazole rings is 1. The van der Waals surface area contributed by atoms with Crippen LogP contribution in [-0.2, 0) is 11.3 Å². The van der Waals surface area contributed by atoms with E-state index < -0.39 is 11.9 Å². The molecule has 0 atom stereocenters. The van der Waals surface area contributed by atoms with Crippen molar-refractivity contribution in [2.24, 2.45) is 5.73 Å². The molecular weight excluding hydrogens is 376 g/mol. The molecule has 2 aromatic carbocycles. The Labute approximate surface area is 165 Å². The number of aromatic nitrogens is 4. The Morgan fingerprint density at radius 3 is 2.52 bits per heavy atom. The molecule has 0 bridgehead atoms. The lowest BCUT2D eigenvalue weighted by Gasteiger charge is -2.08. The average molecular weight is 394 g/mol. The molecule has 0 aliphatic heterocycles. The van der Waals surface area contributed by atoms with Crippen LogP contribution < -0.4 is 21.7 Å². The highest BCUT2D eigenvalue weighted by atomic mass is 16.2. The lowest BCUT2D eigenvalue weighted by molar-refractivity contribution is -0.115. The van der Waals surface area contributed by atoms with Gasteiger partial charge in [0.1, 0.15) is 0 Å². The minimum absolute atomic E-state index is 0.198. The van der Waals surface area contributed by atoms with Crippen LogP contribution in [0, 0.1) is 0 Å². The lowest BCUT2D eigenvalue weighted by Crippen LogP contribution is -2.32. The van der Waals surface area contributed by atoms with Crippen molar-refractivity contribution in [3.63, 3.8) is 0 Å². The number of primary amides is 1. The smallest absolute Gasteiger partial charge is 0.312 e. The Morgan fingerprint density at radius 1 is 1.03 bits per heavy atom. The van der Waals surface area contributed by atoms with Crippen molar-refractivity contribution in [2.45, 2.75) is 6.54 Å². The van der Waals surface area contributed by atoms with Gasteiger partial charge in [-0.05, 0) is 35.0 Å². The molecule has 0 fully saturated rings. The van der Waals surface area contributed by atoms with Crippen LogP contribution >= 0.6 is 0 Å². The second-order valence-corrected chi connectivity index (χ2v) is 5.96. The Bertz CT molecular complexity index is 1000. The second kappa shape index (κ2) is 9.08. The van der Waals surface area contributed by atoms with E-state index in [-0.39, 0.29) is 19.0 Å². The molecule has 0 aliphatic carbocycles. The number of aromatic amines is 1. The van der Waals surface area contributed by atoms with E-state index in [9.17, 15) is 14.4 Å². The Hall–Kier alpha value is -4.28. The SMILES string of the molecule is NC(=O)NCc1ccc(C(=O)NCC(=O)Nc2cccc(-c3nn[nH]n3)c2)cc1. The summed E-state index contributed by atoms with van der Waals surface area (Å²) in [5.74, 6) is -0.370. The quantitative estimate of drug-likeness (QED) is 0.389. The lowest BCUT2D eigenvalue weighted by atomic mass is 10.1. The zero-order valence-corrected chi connectivity index (χ0v) is 15.2. The first-order valence-electron chi connectivity index (χ1n) is 8.55. The number of nitrogens with one attached hydrogen (secondary N) is 4. The topological polar surface area (TPSA) is 168 Å². The molecular formula is C18H18N8O3. The van der Waals surface area contributed by atoms with E-state index in [1.165, 1.54) is 0 Å². The summed E-state index contributed by atoms with van der Waals surface area (Å²) in [6.45, 7) is 0.0683. The maximum absolute atomic E-state index is 12.2. The second-order valence-electron chi connectivity index (χ2n) is 5.96. The van der Waals surface area contributed by atoms with Crippen molar-refractivity contribution in [1.82, 2.24) is 31.3 Å². The molecule has 6 N–H and O–H groups in total. The molecule has 148 valence electrons. The molecule has 11 nitrogen and oxygen atoms in total. The van der Waals surface area contributed by atoms with Crippen LogP contribution in [-0.4, -0.2) is 45.0 Å². The number of nitrogens with two attached hydrogens (primary N) is 1. The van der Waals surface area contributed by atoms with Crippen LogP contribution in [0.3, 0.4) is 0 Å². The zero-order valence-electron chi connectivity index (χ0n) is 15.2. The molecule has 1 heterocycles. The molecule has 4 amide bonds. The molecule has 3 rings (SSSR count). The number of hydrogen-bond acceptors (Lipinski definition) is 6. The summed E-state index contributed by atoms with van der Waals surface area (Å²) in [7, 11) is 0. The minimum Gasteiger partial charge on any atom is -0.352 e. The van der Waals surface area contributed by atoms with Gasteiger partial charge < -0.3 is 21.7 Å². The van der Waals surface area contributed by atoms with Crippen LogP contribution in [0.2, 0.25) is 0 Å². The van der Waals surface area contributed by atoms with Crippen molar-refractivity contribution >= 4 is 23.5 Å². The predicted molar refractivity (Wildman–Crippen MR) is 103 cm³/mol. The fourth-order valence-corrected chi connectivity index (χ4v) is 2.45. The monoisotopic (exact) mass is 394 g/mol. The molecule has 0 saturated carbocycles. The molecule has 0 unspecified atom stereocenters. The standard InChI is InChI=1S/C18H18N8O3/c19-18(29)21-9-11-4-6-12(7-5-11)17(28)20-10-15(27)22-14-3-1-2-13(8-14)16-23-25-26-24-16/h1-8H,9-10H2,(H,20,28)(H,22,27)(H3,19,21,29)(H,23,24,25,26). The van der Waals surface area contributed by atoms with Crippen LogP contribution in [0.15, 0.2) is 48.5 Å². The third-order valence-electron chi connectivity index (χ3n) is 3.84. The van der Waals surface area contributed by atoms with E-state index in [2.05, 4.69) is 36.6 Å². The fraction of sp³-hybridized carbons (Fsp3) is 0.111. The first kappa shape index (κ1) is 19.5. The van der Waals surface area contributed by atoms with Gasteiger partial charge in [0.15, 0.2) is 0 Å². The van der Waals surface area contributed by atoms with Gasteiger partial charge in [-0.15, -0.1) is 10.2 Å². The van der Waals surface area contributed by atoms with E-state index in [1.807, 2.05) is 0 Å².